The van der Waals surface area contributed by atoms with Crippen molar-refractivity contribution in [2.24, 2.45) is 11.8 Å². The number of carbonyl (C=O) groups excluding carboxylic acids is 4. The van der Waals surface area contributed by atoms with Crippen LogP contribution in [0.3, 0.4) is 0 Å². The molecule has 2 aromatic carbocycles. The predicted octanol–water partition coefficient (Wildman–Crippen LogP) is 7.11. The predicted molar refractivity (Wildman–Crippen MR) is 208 cm³/mol. The lowest BCUT2D eigenvalue weighted by molar-refractivity contribution is -0.157. The first-order valence-corrected chi connectivity index (χ1v) is 19.9. The summed E-state index contributed by atoms with van der Waals surface area (Å²) in [5, 5.41) is 10.2. The van der Waals surface area contributed by atoms with Gasteiger partial charge in [-0.3, -0.25) is 24.3 Å². The maximum atomic E-state index is 14.6. The Kier molecular flexibility index (Phi) is 9.93. The highest BCUT2D eigenvalue weighted by Crippen LogP contribution is 2.53. The molecule has 2 aromatic rings. The summed E-state index contributed by atoms with van der Waals surface area (Å²) in [5.41, 5.74) is -0.456. The summed E-state index contributed by atoms with van der Waals surface area (Å²) in [5.74, 6) is -0.601. The molecule has 0 aliphatic carbocycles. The molecule has 10 nitrogen and oxygen atoms in total. The minimum Gasteiger partial charge on any atom is -0.323 e. The fourth-order valence-corrected chi connectivity index (χ4v) is 10.5. The first-order valence-electron chi connectivity index (χ1n) is 19.9. The Morgan fingerprint density at radius 1 is 0.604 bits per heavy atom. The zero-order valence-electron chi connectivity index (χ0n) is 33.7. The molecule has 4 saturated heterocycles. The van der Waals surface area contributed by atoms with Gasteiger partial charge in [-0.2, -0.15) is 0 Å². The minimum atomic E-state index is -1.02. The van der Waals surface area contributed by atoms with Gasteiger partial charge in [0.2, 0.25) is 0 Å². The van der Waals surface area contributed by atoms with Crippen LogP contribution in [0.15, 0.2) is 54.6 Å². The Bertz CT molecular complexity index is 1750. The molecule has 288 valence electrons. The number of hydrogen-bond acceptors (Lipinski definition) is 6. The van der Waals surface area contributed by atoms with Crippen molar-refractivity contribution in [3.8, 4) is 0 Å². The molecule has 0 aromatic heterocycles. The Morgan fingerprint density at radius 3 is 1.55 bits per heavy atom. The van der Waals surface area contributed by atoms with E-state index in [1.165, 1.54) is 15.4 Å². The fraction of sp³-hybridized carbons (Fsp3) is 0.628. The molecule has 4 aliphatic heterocycles. The van der Waals surface area contributed by atoms with Gasteiger partial charge in [0, 0.05) is 40.5 Å². The van der Waals surface area contributed by atoms with Crippen LogP contribution in [-0.2, 0) is 29.2 Å². The van der Waals surface area contributed by atoms with Crippen LogP contribution in [-0.4, -0.2) is 71.8 Å². The van der Waals surface area contributed by atoms with E-state index in [1.807, 2.05) is 30.3 Å². The monoisotopic (exact) mass is 726 g/mol. The molecule has 8 unspecified atom stereocenters. The Labute approximate surface area is 316 Å². The van der Waals surface area contributed by atoms with Crippen molar-refractivity contribution in [1.82, 2.24) is 30.7 Å². The third kappa shape index (κ3) is 6.08. The molecule has 3 N–H and O–H groups in total. The normalized spacial score (nSPS) is 37.5. The van der Waals surface area contributed by atoms with Crippen molar-refractivity contribution in [1.29, 1.82) is 0 Å². The van der Waals surface area contributed by atoms with Gasteiger partial charge >= 0.3 is 12.1 Å². The third-order valence-corrected chi connectivity index (χ3v) is 14.8. The van der Waals surface area contributed by atoms with Crippen LogP contribution >= 0.6 is 0 Å². The minimum absolute atomic E-state index is 0.111. The topological polar surface area (TPSA) is 114 Å². The molecule has 0 bridgehead atoms. The van der Waals surface area contributed by atoms with E-state index in [4.69, 9.17) is 0 Å². The number of amides is 6. The molecule has 2 spiro atoms. The lowest BCUT2D eigenvalue weighted by Gasteiger charge is -2.63. The van der Waals surface area contributed by atoms with Gasteiger partial charge in [-0.25, -0.2) is 9.59 Å². The van der Waals surface area contributed by atoms with Crippen molar-refractivity contribution in [3.63, 3.8) is 0 Å². The number of hydrogen-bond donors (Lipinski definition) is 3. The first-order chi connectivity index (χ1) is 24.9. The largest absolute Gasteiger partial charge is 0.325 e. The SMILES string of the molecule is CCC1(C)CC2(NC(=O)N(Cc3ccc(CN4C(=O)NC5(CC(C)(CC)N(Cc6ccccc6)C(C)(CC)C5C)C4=O)cc3)C2=O)C(C)C(C)(CC)N1. The number of urea groups is 2. The highest BCUT2D eigenvalue weighted by atomic mass is 16.2. The van der Waals surface area contributed by atoms with Crippen LogP contribution in [0.2, 0.25) is 0 Å². The Hall–Kier alpha value is -3.76. The van der Waals surface area contributed by atoms with Gasteiger partial charge in [0.25, 0.3) is 11.8 Å². The summed E-state index contributed by atoms with van der Waals surface area (Å²) in [7, 11) is 0. The number of piperidine rings is 2. The first kappa shape index (κ1) is 38.9. The van der Waals surface area contributed by atoms with Crippen LogP contribution in [0.5, 0.6) is 0 Å². The van der Waals surface area contributed by atoms with Crippen molar-refractivity contribution in [2.45, 2.75) is 161 Å². The quantitative estimate of drug-likeness (QED) is 0.225. The van der Waals surface area contributed by atoms with E-state index in [9.17, 15) is 19.2 Å². The summed E-state index contributed by atoms with van der Waals surface area (Å²) in [4.78, 5) is 61.3. The molecule has 4 fully saturated rings. The number of rotatable bonds is 10. The second-order valence-corrected chi connectivity index (χ2v) is 17.6. The molecule has 6 rings (SSSR count). The molecule has 8 atom stereocenters. The number of carbonyl (C=O) groups is 4. The van der Waals surface area contributed by atoms with E-state index >= 15 is 0 Å². The van der Waals surface area contributed by atoms with Crippen LogP contribution < -0.4 is 16.0 Å². The number of nitrogens with one attached hydrogen (secondary N) is 3. The molecule has 6 amide bonds. The van der Waals surface area contributed by atoms with Crippen LogP contribution in [0.1, 0.15) is 124 Å². The van der Waals surface area contributed by atoms with Crippen LogP contribution in [0.4, 0.5) is 9.59 Å². The van der Waals surface area contributed by atoms with Gasteiger partial charge in [0.15, 0.2) is 0 Å². The van der Waals surface area contributed by atoms with Gasteiger partial charge in [0.05, 0.1) is 13.1 Å². The van der Waals surface area contributed by atoms with E-state index in [2.05, 4.69) is 114 Å². The molecule has 4 heterocycles. The number of nitrogens with zero attached hydrogens (tertiary/aromatic N) is 3. The number of likely N-dealkylation sites (tertiary alicyclic amines) is 1. The van der Waals surface area contributed by atoms with E-state index < -0.39 is 11.1 Å². The second-order valence-electron chi connectivity index (χ2n) is 17.6. The van der Waals surface area contributed by atoms with Crippen molar-refractivity contribution < 1.29 is 19.2 Å². The molecular weight excluding hydrogens is 665 g/mol. The molecule has 0 radical (unpaired) electrons. The van der Waals surface area contributed by atoms with E-state index in [-0.39, 0.29) is 71.0 Å². The molecule has 53 heavy (non-hydrogen) atoms. The molecular formula is C43H62N6O4. The summed E-state index contributed by atoms with van der Waals surface area (Å²) in [6, 6.07) is 17.3. The average molecular weight is 727 g/mol. The smallest absolute Gasteiger partial charge is 0.323 e. The molecule has 0 saturated carbocycles. The van der Waals surface area contributed by atoms with Gasteiger partial charge in [-0.1, -0.05) is 96.1 Å². The summed E-state index contributed by atoms with van der Waals surface area (Å²) in [6.45, 7) is 22.6. The zero-order valence-corrected chi connectivity index (χ0v) is 33.7. The lowest BCUT2D eigenvalue weighted by atomic mass is 9.59. The maximum absolute atomic E-state index is 14.6. The maximum Gasteiger partial charge on any atom is 0.325 e. The van der Waals surface area contributed by atoms with Crippen molar-refractivity contribution in [2.75, 3.05) is 0 Å². The molecule has 10 heteroatoms. The molecule has 4 aliphatic rings. The van der Waals surface area contributed by atoms with Crippen LogP contribution in [0.25, 0.3) is 0 Å². The number of imide groups is 2. The van der Waals surface area contributed by atoms with E-state index in [0.29, 0.717) is 12.8 Å². The summed E-state index contributed by atoms with van der Waals surface area (Å²) in [6.07, 6.45) is 4.38. The third-order valence-electron chi connectivity index (χ3n) is 14.8. The Morgan fingerprint density at radius 2 is 1.09 bits per heavy atom. The highest BCUT2D eigenvalue weighted by Gasteiger charge is 2.67. The average Bonchev–Trinajstić information content (AvgIpc) is 3.52. The summed E-state index contributed by atoms with van der Waals surface area (Å²) < 4.78 is 0. The second kappa shape index (κ2) is 13.5. The standard InChI is InChI=1S/C43H62N6O4/c1-11-38(7)27-42(29(5)40(9,13-3)46-38)34(50)47(36(52)44-42)24-32-20-22-33(23-21-32)25-48-35(51)43(45-37(48)53)28-39(8,12-2)49(41(10,14-4)30(43)6)26-31-18-16-15-17-19-31/h15-23,29-30,46H,11-14,24-28H2,1-10H3,(H,44,52)(H,45,53). The lowest BCUT2D eigenvalue weighted by Crippen LogP contribution is -2.75. The van der Waals surface area contributed by atoms with Crippen LogP contribution in [0, 0.1) is 11.8 Å². The Balaban J connectivity index is 1.19. The van der Waals surface area contributed by atoms with Gasteiger partial charge in [-0.05, 0) is 82.9 Å². The summed E-state index contributed by atoms with van der Waals surface area (Å²) >= 11 is 0. The fourth-order valence-electron chi connectivity index (χ4n) is 10.5. The van der Waals surface area contributed by atoms with E-state index in [0.717, 1.165) is 43.4 Å². The highest BCUT2D eigenvalue weighted by molar-refractivity contribution is 6.08. The van der Waals surface area contributed by atoms with Gasteiger partial charge in [0.1, 0.15) is 11.1 Å². The van der Waals surface area contributed by atoms with Crippen molar-refractivity contribution in [3.05, 3.63) is 71.3 Å². The zero-order chi connectivity index (χ0) is 38.8. The van der Waals surface area contributed by atoms with Crippen molar-refractivity contribution >= 4 is 23.9 Å². The number of benzene rings is 2. The van der Waals surface area contributed by atoms with Gasteiger partial charge < -0.3 is 16.0 Å². The van der Waals surface area contributed by atoms with Gasteiger partial charge in [-0.15, -0.1) is 0 Å². The van der Waals surface area contributed by atoms with E-state index in [1.54, 1.807) is 0 Å².